The number of nitrogens with one attached hydrogen (secondary N) is 2. The average Bonchev–Trinajstić information content (AvgIpc) is 3.01. The molecule has 0 bridgehead atoms. The number of tetrazole rings is 1. The Morgan fingerprint density at radius 3 is 2.71 bits per heavy atom. The molecular formula is C15H20N6O2S. The SMILES string of the molecule is CNC(=O)c1cccc(NC(=O)CSc2nnnn2C(C)(C)C)c1. The van der Waals surface area contributed by atoms with E-state index in [1.807, 2.05) is 20.8 Å². The minimum atomic E-state index is -0.260. The zero-order valence-electron chi connectivity index (χ0n) is 14.0. The largest absolute Gasteiger partial charge is 0.355 e. The molecule has 2 aromatic rings. The van der Waals surface area contributed by atoms with Crippen LogP contribution in [0.1, 0.15) is 31.1 Å². The minimum Gasteiger partial charge on any atom is -0.355 e. The summed E-state index contributed by atoms with van der Waals surface area (Å²) in [7, 11) is 1.56. The van der Waals surface area contributed by atoms with E-state index in [9.17, 15) is 9.59 Å². The number of nitrogens with zero attached hydrogens (tertiary/aromatic N) is 4. The second-order valence-corrected chi connectivity index (χ2v) is 6.98. The third-order valence-corrected chi connectivity index (χ3v) is 3.96. The number of carbonyl (C=O) groups excluding carboxylic acids is 2. The Kier molecular flexibility index (Phi) is 5.55. The van der Waals surface area contributed by atoms with Gasteiger partial charge in [-0.05, 0) is 49.4 Å². The van der Waals surface area contributed by atoms with E-state index in [4.69, 9.17) is 0 Å². The normalized spacial score (nSPS) is 11.2. The molecule has 0 aliphatic rings. The zero-order valence-corrected chi connectivity index (χ0v) is 14.8. The van der Waals surface area contributed by atoms with E-state index in [0.29, 0.717) is 16.4 Å². The lowest BCUT2D eigenvalue weighted by Crippen LogP contribution is -2.24. The first kappa shape index (κ1) is 17.9. The van der Waals surface area contributed by atoms with Crippen LogP contribution in [0.3, 0.4) is 0 Å². The number of benzene rings is 1. The van der Waals surface area contributed by atoms with Crippen molar-refractivity contribution in [2.24, 2.45) is 0 Å². The van der Waals surface area contributed by atoms with E-state index >= 15 is 0 Å². The highest BCUT2D eigenvalue weighted by Gasteiger charge is 2.20. The van der Waals surface area contributed by atoms with Crippen molar-refractivity contribution in [1.82, 2.24) is 25.5 Å². The monoisotopic (exact) mass is 348 g/mol. The molecule has 0 spiro atoms. The van der Waals surface area contributed by atoms with Crippen molar-refractivity contribution in [1.29, 1.82) is 0 Å². The van der Waals surface area contributed by atoms with Gasteiger partial charge in [0.05, 0.1) is 11.3 Å². The second kappa shape index (κ2) is 7.43. The molecule has 128 valence electrons. The number of carbonyl (C=O) groups is 2. The lowest BCUT2D eigenvalue weighted by atomic mass is 10.1. The van der Waals surface area contributed by atoms with Crippen LogP contribution >= 0.6 is 11.8 Å². The van der Waals surface area contributed by atoms with Gasteiger partial charge in [0.1, 0.15) is 0 Å². The van der Waals surface area contributed by atoms with Crippen LogP contribution < -0.4 is 10.6 Å². The van der Waals surface area contributed by atoms with Crippen molar-refractivity contribution in [3.63, 3.8) is 0 Å². The number of thioether (sulfide) groups is 1. The maximum Gasteiger partial charge on any atom is 0.251 e. The summed E-state index contributed by atoms with van der Waals surface area (Å²) in [5, 5.41) is 17.4. The summed E-state index contributed by atoms with van der Waals surface area (Å²) >= 11 is 1.26. The van der Waals surface area contributed by atoms with Crippen molar-refractivity contribution in [2.45, 2.75) is 31.5 Å². The van der Waals surface area contributed by atoms with Gasteiger partial charge in [0.25, 0.3) is 5.91 Å². The zero-order chi connectivity index (χ0) is 17.7. The molecule has 2 N–H and O–H groups in total. The van der Waals surface area contributed by atoms with E-state index < -0.39 is 0 Å². The van der Waals surface area contributed by atoms with Crippen LogP contribution in [0.25, 0.3) is 0 Å². The van der Waals surface area contributed by atoms with Gasteiger partial charge >= 0.3 is 0 Å². The van der Waals surface area contributed by atoms with E-state index in [1.54, 1.807) is 36.0 Å². The molecule has 0 radical (unpaired) electrons. The molecular weight excluding hydrogens is 328 g/mol. The van der Waals surface area contributed by atoms with Crippen molar-refractivity contribution in [2.75, 3.05) is 18.1 Å². The Hall–Kier alpha value is -2.42. The highest BCUT2D eigenvalue weighted by molar-refractivity contribution is 7.99. The van der Waals surface area contributed by atoms with Gasteiger partial charge in [-0.3, -0.25) is 9.59 Å². The van der Waals surface area contributed by atoms with Gasteiger partial charge in [-0.1, -0.05) is 17.8 Å². The lowest BCUT2D eigenvalue weighted by Gasteiger charge is -2.19. The summed E-state index contributed by atoms with van der Waals surface area (Å²) in [6.45, 7) is 5.95. The first-order valence-electron chi connectivity index (χ1n) is 7.35. The van der Waals surface area contributed by atoms with Crippen LogP contribution in [0.15, 0.2) is 29.4 Å². The van der Waals surface area contributed by atoms with E-state index in [1.165, 1.54) is 11.8 Å². The molecule has 8 nitrogen and oxygen atoms in total. The highest BCUT2D eigenvalue weighted by Crippen LogP contribution is 2.21. The number of anilines is 1. The molecule has 24 heavy (non-hydrogen) atoms. The van der Waals surface area contributed by atoms with Gasteiger partial charge in [-0.15, -0.1) is 5.10 Å². The third-order valence-electron chi connectivity index (χ3n) is 3.04. The third kappa shape index (κ3) is 4.54. The molecule has 0 saturated heterocycles. The summed E-state index contributed by atoms with van der Waals surface area (Å²) in [4.78, 5) is 23.7. The number of aromatic nitrogens is 4. The fourth-order valence-electron chi connectivity index (χ4n) is 1.90. The molecule has 2 amide bonds. The Bertz CT molecular complexity index is 738. The van der Waals surface area contributed by atoms with E-state index in [0.717, 1.165) is 0 Å². The Morgan fingerprint density at radius 1 is 1.29 bits per heavy atom. The summed E-state index contributed by atoms with van der Waals surface area (Å²) in [6.07, 6.45) is 0. The van der Waals surface area contributed by atoms with Crippen molar-refractivity contribution in [3.8, 4) is 0 Å². The summed E-state index contributed by atoms with van der Waals surface area (Å²) in [6, 6.07) is 6.75. The molecule has 0 aliphatic carbocycles. The van der Waals surface area contributed by atoms with Gasteiger partial charge in [0.15, 0.2) is 0 Å². The standard InChI is InChI=1S/C15H20N6O2S/c1-15(2,3)21-14(18-19-20-21)24-9-12(22)17-11-7-5-6-10(8-11)13(23)16-4/h5-8H,9H2,1-4H3,(H,16,23)(H,17,22). The summed E-state index contributed by atoms with van der Waals surface area (Å²) in [5.74, 6) is -0.233. The molecule has 0 unspecified atom stereocenters. The van der Waals surface area contributed by atoms with Crippen LogP contribution in [-0.4, -0.2) is 44.8 Å². The maximum atomic E-state index is 12.1. The molecule has 0 saturated carbocycles. The number of amides is 2. The summed E-state index contributed by atoms with van der Waals surface area (Å²) in [5.41, 5.74) is 0.793. The van der Waals surface area contributed by atoms with E-state index in [-0.39, 0.29) is 23.1 Å². The molecule has 0 atom stereocenters. The first-order valence-corrected chi connectivity index (χ1v) is 8.33. The van der Waals surface area contributed by atoms with Crippen molar-refractivity contribution < 1.29 is 9.59 Å². The van der Waals surface area contributed by atoms with Gasteiger partial charge in [0.2, 0.25) is 11.1 Å². The van der Waals surface area contributed by atoms with Crippen LogP contribution in [0.5, 0.6) is 0 Å². The minimum absolute atomic E-state index is 0.167. The van der Waals surface area contributed by atoms with Crippen LogP contribution in [0, 0.1) is 0 Å². The number of hydrogen-bond acceptors (Lipinski definition) is 6. The fourth-order valence-corrected chi connectivity index (χ4v) is 2.76. The smallest absolute Gasteiger partial charge is 0.251 e. The maximum absolute atomic E-state index is 12.1. The predicted molar refractivity (Wildman–Crippen MR) is 92.0 cm³/mol. The van der Waals surface area contributed by atoms with Crippen LogP contribution in [0.2, 0.25) is 0 Å². The number of rotatable bonds is 5. The van der Waals surface area contributed by atoms with Gasteiger partial charge in [-0.2, -0.15) is 0 Å². The predicted octanol–water partition coefficient (Wildman–Crippen LogP) is 1.52. The van der Waals surface area contributed by atoms with Gasteiger partial charge in [-0.25, -0.2) is 4.68 Å². The summed E-state index contributed by atoms with van der Waals surface area (Å²) < 4.78 is 1.68. The van der Waals surface area contributed by atoms with Gasteiger partial charge in [0, 0.05) is 18.3 Å². The van der Waals surface area contributed by atoms with Crippen molar-refractivity contribution >= 4 is 29.3 Å². The molecule has 9 heteroatoms. The van der Waals surface area contributed by atoms with E-state index in [2.05, 4.69) is 26.2 Å². The Labute approximate surface area is 144 Å². The first-order chi connectivity index (χ1) is 11.3. The average molecular weight is 348 g/mol. The molecule has 0 fully saturated rings. The number of hydrogen-bond donors (Lipinski definition) is 2. The fraction of sp³-hybridized carbons (Fsp3) is 0.400. The molecule has 0 aliphatic heterocycles. The van der Waals surface area contributed by atoms with Crippen LogP contribution in [-0.2, 0) is 10.3 Å². The second-order valence-electron chi connectivity index (χ2n) is 6.04. The topological polar surface area (TPSA) is 102 Å². The highest BCUT2D eigenvalue weighted by atomic mass is 32.2. The van der Waals surface area contributed by atoms with Crippen LogP contribution in [0.4, 0.5) is 5.69 Å². The Morgan fingerprint density at radius 2 is 2.04 bits per heavy atom. The molecule has 1 aromatic heterocycles. The Balaban J connectivity index is 1.97. The lowest BCUT2D eigenvalue weighted by molar-refractivity contribution is -0.113. The molecule has 1 heterocycles. The molecule has 1 aromatic carbocycles. The quantitative estimate of drug-likeness (QED) is 0.794. The van der Waals surface area contributed by atoms with Crippen molar-refractivity contribution in [3.05, 3.63) is 29.8 Å². The molecule has 2 rings (SSSR count). The van der Waals surface area contributed by atoms with Gasteiger partial charge < -0.3 is 10.6 Å².